The van der Waals surface area contributed by atoms with Crippen LogP contribution in [-0.4, -0.2) is 10.8 Å². The van der Waals surface area contributed by atoms with E-state index in [1.165, 1.54) is 54.6 Å². The van der Waals surface area contributed by atoms with Crippen molar-refractivity contribution in [3.63, 3.8) is 0 Å². The lowest BCUT2D eigenvalue weighted by molar-refractivity contribution is -0.384. The summed E-state index contributed by atoms with van der Waals surface area (Å²) in [5.74, 6) is -0.737. The molecule has 0 saturated heterocycles. The van der Waals surface area contributed by atoms with Crippen LogP contribution in [0.15, 0.2) is 70.7 Å². The number of nitrogens with zero attached hydrogens (tertiary/aromatic N) is 2. The molecule has 3 rings (SSSR count). The van der Waals surface area contributed by atoms with Gasteiger partial charge in [0.25, 0.3) is 11.6 Å². The summed E-state index contributed by atoms with van der Waals surface area (Å²) in [4.78, 5) is 22.8. The van der Waals surface area contributed by atoms with Crippen LogP contribution in [0.2, 0.25) is 0 Å². The lowest BCUT2D eigenvalue weighted by Gasteiger charge is -2.03. The number of hydrogen-bond acceptors (Lipinski definition) is 5. The minimum atomic E-state index is -0.697. The van der Waals surface area contributed by atoms with Gasteiger partial charge in [0.2, 0.25) is 0 Å². The average molecular weight is 377 g/mol. The molecule has 0 fully saturated rings. The van der Waals surface area contributed by atoms with Gasteiger partial charge in [-0.1, -0.05) is 12.1 Å². The van der Waals surface area contributed by atoms with Crippen molar-refractivity contribution in [1.82, 2.24) is 0 Å². The largest absolute Gasteiger partial charge is 0.456 e. The van der Waals surface area contributed by atoms with Gasteiger partial charge in [0, 0.05) is 17.8 Å². The Bertz CT molecular complexity index is 1110. The molecule has 28 heavy (non-hydrogen) atoms. The monoisotopic (exact) mass is 377 g/mol. The Hall–Kier alpha value is -4.25. The first kappa shape index (κ1) is 18.5. The molecule has 1 heterocycles. The van der Waals surface area contributed by atoms with Gasteiger partial charge in [-0.25, -0.2) is 4.39 Å². The Kier molecular flexibility index (Phi) is 5.28. The number of carbonyl (C=O) groups is 1. The van der Waals surface area contributed by atoms with Gasteiger partial charge in [0.1, 0.15) is 29.0 Å². The van der Waals surface area contributed by atoms with Crippen LogP contribution in [0, 0.1) is 27.3 Å². The Balaban J connectivity index is 1.85. The highest BCUT2D eigenvalue weighted by atomic mass is 19.1. The third-order valence-corrected chi connectivity index (χ3v) is 3.75. The number of nitro groups is 1. The first-order chi connectivity index (χ1) is 13.5. The van der Waals surface area contributed by atoms with Crippen molar-refractivity contribution in [2.75, 3.05) is 5.32 Å². The van der Waals surface area contributed by atoms with E-state index in [0.717, 1.165) is 0 Å². The van der Waals surface area contributed by atoms with Crippen molar-refractivity contribution in [1.29, 1.82) is 5.26 Å². The van der Waals surface area contributed by atoms with E-state index in [-0.39, 0.29) is 28.3 Å². The van der Waals surface area contributed by atoms with Gasteiger partial charge in [0.15, 0.2) is 0 Å². The highest BCUT2D eigenvalue weighted by Crippen LogP contribution is 2.31. The van der Waals surface area contributed by atoms with Crippen LogP contribution in [0.4, 0.5) is 15.8 Å². The molecule has 1 N–H and O–H groups in total. The predicted octanol–water partition coefficient (Wildman–Crippen LogP) is 4.54. The third kappa shape index (κ3) is 4.11. The van der Waals surface area contributed by atoms with Gasteiger partial charge in [-0.3, -0.25) is 14.9 Å². The van der Waals surface area contributed by atoms with Crippen molar-refractivity contribution < 1.29 is 18.5 Å². The smallest absolute Gasteiger partial charge is 0.280 e. The van der Waals surface area contributed by atoms with E-state index in [0.29, 0.717) is 5.69 Å². The number of amides is 1. The summed E-state index contributed by atoms with van der Waals surface area (Å²) in [5, 5.41) is 22.9. The summed E-state index contributed by atoms with van der Waals surface area (Å²) in [6, 6.07) is 15.9. The number of furan rings is 1. The molecule has 7 nitrogen and oxygen atoms in total. The lowest BCUT2D eigenvalue weighted by atomic mass is 10.1. The summed E-state index contributed by atoms with van der Waals surface area (Å²) in [7, 11) is 0. The second kappa shape index (κ2) is 7.97. The first-order valence-electron chi connectivity index (χ1n) is 8.00. The zero-order valence-corrected chi connectivity index (χ0v) is 14.3. The van der Waals surface area contributed by atoms with Crippen LogP contribution >= 0.6 is 0 Å². The topological polar surface area (TPSA) is 109 Å². The maximum absolute atomic E-state index is 12.9. The molecule has 3 aromatic rings. The van der Waals surface area contributed by atoms with Gasteiger partial charge in [-0.05, 0) is 42.5 Å². The normalized spacial score (nSPS) is 10.9. The van der Waals surface area contributed by atoms with E-state index in [1.54, 1.807) is 18.2 Å². The lowest BCUT2D eigenvalue weighted by Crippen LogP contribution is -2.13. The SMILES string of the molecule is N#C/C(=C\c1ccc(-c2ccccc2[N+](=O)[O-])o1)C(=O)Nc1ccc(F)cc1. The van der Waals surface area contributed by atoms with Crippen molar-refractivity contribution in [2.45, 2.75) is 0 Å². The van der Waals surface area contributed by atoms with E-state index in [9.17, 15) is 24.6 Å². The maximum Gasteiger partial charge on any atom is 0.280 e. The fourth-order valence-corrected chi connectivity index (χ4v) is 2.44. The summed E-state index contributed by atoms with van der Waals surface area (Å²) in [6.45, 7) is 0. The Morgan fingerprint density at radius 1 is 1.14 bits per heavy atom. The fourth-order valence-electron chi connectivity index (χ4n) is 2.44. The first-order valence-corrected chi connectivity index (χ1v) is 8.00. The van der Waals surface area contributed by atoms with Gasteiger partial charge in [-0.15, -0.1) is 0 Å². The molecule has 2 aromatic carbocycles. The maximum atomic E-state index is 12.9. The molecule has 8 heteroatoms. The number of para-hydroxylation sites is 1. The molecule has 0 radical (unpaired) electrons. The predicted molar refractivity (Wildman–Crippen MR) is 99.4 cm³/mol. The Labute approximate surface area is 158 Å². The molecule has 1 aromatic heterocycles. The second-order valence-corrected chi connectivity index (χ2v) is 5.61. The molecule has 0 atom stereocenters. The van der Waals surface area contributed by atoms with Crippen molar-refractivity contribution in [3.05, 3.63) is 87.9 Å². The summed E-state index contributed by atoms with van der Waals surface area (Å²) in [5.41, 5.74) is 0.240. The van der Waals surface area contributed by atoms with Crippen LogP contribution in [0.1, 0.15) is 5.76 Å². The molecule has 0 spiro atoms. The summed E-state index contributed by atoms with van der Waals surface area (Å²) in [6.07, 6.45) is 1.22. The van der Waals surface area contributed by atoms with Gasteiger partial charge < -0.3 is 9.73 Å². The minimum Gasteiger partial charge on any atom is -0.456 e. The summed E-state index contributed by atoms with van der Waals surface area (Å²) >= 11 is 0. The quantitative estimate of drug-likeness (QED) is 0.304. The van der Waals surface area contributed by atoms with Crippen LogP contribution in [0.25, 0.3) is 17.4 Å². The molecular weight excluding hydrogens is 365 g/mol. The highest BCUT2D eigenvalue weighted by Gasteiger charge is 2.17. The van der Waals surface area contributed by atoms with Crippen molar-refractivity contribution >= 4 is 23.4 Å². The van der Waals surface area contributed by atoms with Gasteiger partial charge in [-0.2, -0.15) is 5.26 Å². The van der Waals surface area contributed by atoms with E-state index in [4.69, 9.17) is 4.42 Å². The number of rotatable bonds is 5. The van der Waals surface area contributed by atoms with Gasteiger partial charge in [0.05, 0.1) is 10.5 Å². The third-order valence-electron chi connectivity index (χ3n) is 3.75. The van der Waals surface area contributed by atoms with Gasteiger partial charge >= 0.3 is 0 Å². The molecular formula is C20H12FN3O4. The van der Waals surface area contributed by atoms with E-state index in [2.05, 4.69) is 5.32 Å². The Morgan fingerprint density at radius 3 is 2.54 bits per heavy atom. The fraction of sp³-hybridized carbons (Fsp3) is 0. The number of hydrogen-bond donors (Lipinski definition) is 1. The number of nitriles is 1. The van der Waals surface area contributed by atoms with E-state index >= 15 is 0 Å². The molecule has 1 amide bonds. The summed E-state index contributed by atoms with van der Waals surface area (Å²) < 4.78 is 18.5. The highest BCUT2D eigenvalue weighted by molar-refractivity contribution is 6.09. The average Bonchev–Trinajstić information content (AvgIpc) is 3.16. The van der Waals surface area contributed by atoms with Crippen LogP contribution in [-0.2, 0) is 4.79 Å². The number of benzene rings is 2. The number of halogens is 1. The minimum absolute atomic E-state index is 0.123. The second-order valence-electron chi connectivity index (χ2n) is 5.61. The molecule has 0 aliphatic carbocycles. The molecule has 0 saturated carbocycles. The van der Waals surface area contributed by atoms with Crippen LogP contribution < -0.4 is 5.32 Å². The van der Waals surface area contributed by atoms with E-state index < -0.39 is 16.6 Å². The number of carbonyl (C=O) groups excluding carboxylic acids is 1. The zero-order chi connectivity index (χ0) is 20.1. The zero-order valence-electron chi connectivity index (χ0n) is 14.3. The Morgan fingerprint density at radius 2 is 1.86 bits per heavy atom. The van der Waals surface area contributed by atoms with E-state index in [1.807, 2.05) is 0 Å². The van der Waals surface area contributed by atoms with Crippen LogP contribution in [0.3, 0.4) is 0 Å². The molecule has 138 valence electrons. The molecule has 0 bridgehead atoms. The molecule has 0 aliphatic rings. The standard InChI is InChI=1S/C20H12FN3O4/c21-14-5-7-15(8-6-14)23-20(25)13(12-22)11-16-9-10-19(28-16)17-3-1-2-4-18(17)24(26)27/h1-11H,(H,23,25)/b13-11+. The molecule has 0 aliphatic heterocycles. The van der Waals surface area contributed by atoms with Crippen LogP contribution in [0.5, 0.6) is 0 Å². The van der Waals surface area contributed by atoms with Crippen molar-refractivity contribution in [3.8, 4) is 17.4 Å². The molecule has 0 unspecified atom stereocenters. The van der Waals surface area contributed by atoms with Crippen molar-refractivity contribution in [2.24, 2.45) is 0 Å². The number of nitrogens with one attached hydrogen (secondary N) is 1. The number of nitro benzene ring substituents is 1. The number of anilines is 1.